The molecule has 5 rings (SSSR count). The van der Waals surface area contributed by atoms with Crippen LogP contribution in [0.25, 0.3) is 0 Å². The topological polar surface area (TPSA) is 110 Å². The van der Waals surface area contributed by atoms with Crippen molar-refractivity contribution in [3.8, 4) is 11.5 Å². The molecule has 7 nitrogen and oxygen atoms in total. The van der Waals surface area contributed by atoms with Crippen LogP contribution in [0, 0.1) is 17.8 Å². The molecule has 1 aliphatic heterocycles. The molecule has 0 spiro atoms. The van der Waals surface area contributed by atoms with Crippen LogP contribution >= 0.6 is 15.9 Å². The van der Waals surface area contributed by atoms with E-state index < -0.39 is 17.8 Å². The minimum atomic E-state index is -0.573. The fourth-order valence-corrected chi connectivity index (χ4v) is 5.82. The maximum Gasteiger partial charge on any atom is 0.231 e. The average molecular weight is 484 g/mol. The SMILES string of the molecule is COc1cc(C2C3=CCC4C(=O)NC(=O)C4C3CC3=C2C(=O)C=C(Br)C3=O)ccc1O. The molecule has 0 saturated carbocycles. The number of nitrogens with one attached hydrogen (secondary N) is 1. The number of ether oxygens (including phenoxy) is 1. The lowest BCUT2D eigenvalue weighted by Gasteiger charge is -2.42. The lowest BCUT2D eigenvalue weighted by atomic mass is 9.59. The number of carbonyl (C=O) groups excluding carboxylic acids is 4. The summed E-state index contributed by atoms with van der Waals surface area (Å²) in [6.45, 7) is 0. The highest BCUT2D eigenvalue weighted by atomic mass is 79.9. The first-order chi connectivity index (χ1) is 14.8. The molecular weight excluding hydrogens is 466 g/mol. The highest BCUT2D eigenvalue weighted by molar-refractivity contribution is 9.12. The lowest BCUT2D eigenvalue weighted by molar-refractivity contribution is -0.126. The van der Waals surface area contributed by atoms with Crippen LogP contribution in [0.1, 0.15) is 24.3 Å². The Morgan fingerprint density at radius 2 is 1.90 bits per heavy atom. The van der Waals surface area contributed by atoms with Gasteiger partial charge in [0.05, 0.1) is 23.4 Å². The van der Waals surface area contributed by atoms with Gasteiger partial charge < -0.3 is 9.84 Å². The standard InChI is InChI=1S/C23H18BrNO6/c1-31-17-6-9(2-5-15(17)26)18-10-3-4-11-19(23(30)25-22(11)29)12(10)7-13-20(18)16(27)8-14(24)21(13)28/h2-3,5-6,8,11-12,18-19,26H,4,7H2,1H3,(H,25,29,30). The van der Waals surface area contributed by atoms with E-state index in [9.17, 15) is 24.3 Å². The Labute approximate surface area is 186 Å². The number of carbonyl (C=O) groups is 4. The Hall–Kier alpha value is -3.00. The van der Waals surface area contributed by atoms with Crippen LogP contribution in [0.4, 0.5) is 0 Å². The summed E-state index contributed by atoms with van der Waals surface area (Å²) in [4.78, 5) is 50.9. The number of benzene rings is 1. The zero-order chi connectivity index (χ0) is 22.0. The van der Waals surface area contributed by atoms with Crippen molar-refractivity contribution in [1.82, 2.24) is 5.32 Å². The molecule has 0 radical (unpaired) electrons. The van der Waals surface area contributed by atoms with Crippen molar-refractivity contribution in [3.63, 3.8) is 0 Å². The van der Waals surface area contributed by atoms with Crippen molar-refractivity contribution in [1.29, 1.82) is 0 Å². The number of aromatic hydroxyl groups is 1. The number of amides is 2. The Morgan fingerprint density at radius 3 is 2.65 bits per heavy atom. The second kappa shape index (κ2) is 7.02. The van der Waals surface area contributed by atoms with Gasteiger partial charge in [0.2, 0.25) is 11.8 Å². The Morgan fingerprint density at radius 1 is 1.13 bits per heavy atom. The second-order valence-corrected chi connectivity index (χ2v) is 9.03. The van der Waals surface area contributed by atoms with Crippen molar-refractivity contribution in [2.24, 2.45) is 17.8 Å². The van der Waals surface area contributed by atoms with Gasteiger partial charge in [0.15, 0.2) is 23.1 Å². The highest BCUT2D eigenvalue weighted by Gasteiger charge is 2.53. The van der Waals surface area contributed by atoms with Crippen LogP contribution < -0.4 is 10.1 Å². The molecule has 31 heavy (non-hydrogen) atoms. The van der Waals surface area contributed by atoms with Gasteiger partial charge in [-0.3, -0.25) is 24.5 Å². The maximum absolute atomic E-state index is 13.1. The second-order valence-electron chi connectivity index (χ2n) is 8.18. The Bertz CT molecular complexity index is 1180. The molecule has 158 valence electrons. The van der Waals surface area contributed by atoms with E-state index in [1.807, 2.05) is 6.08 Å². The average Bonchev–Trinajstić information content (AvgIpc) is 3.05. The van der Waals surface area contributed by atoms with Crippen LogP contribution in [0.15, 0.2) is 51.6 Å². The van der Waals surface area contributed by atoms with Gasteiger partial charge in [-0.05, 0) is 52.4 Å². The van der Waals surface area contributed by atoms with Gasteiger partial charge in [-0.25, -0.2) is 0 Å². The van der Waals surface area contributed by atoms with Gasteiger partial charge >= 0.3 is 0 Å². The third kappa shape index (κ3) is 2.85. The van der Waals surface area contributed by atoms with E-state index in [1.54, 1.807) is 12.1 Å². The van der Waals surface area contributed by atoms with E-state index in [4.69, 9.17) is 4.74 Å². The van der Waals surface area contributed by atoms with Gasteiger partial charge in [0, 0.05) is 23.1 Å². The molecule has 2 amide bonds. The number of halogens is 1. The Balaban J connectivity index is 1.72. The minimum Gasteiger partial charge on any atom is -0.504 e. The number of ketones is 2. The lowest BCUT2D eigenvalue weighted by Crippen LogP contribution is -2.39. The number of hydrogen-bond donors (Lipinski definition) is 2. The van der Waals surface area contributed by atoms with Crippen molar-refractivity contribution >= 4 is 39.3 Å². The van der Waals surface area contributed by atoms with Crippen molar-refractivity contribution in [3.05, 3.63) is 57.1 Å². The van der Waals surface area contributed by atoms with Gasteiger partial charge in [-0.2, -0.15) is 0 Å². The molecule has 4 aliphatic rings. The normalized spacial score (nSPS) is 29.6. The molecule has 1 aromatic carbocycles. The number of Topliss-reactive ketones (excluding diaryl/α,β-unsaturated/α-hetero) is 1. The molecule has 1 fully saturated rings. The molecule has 3 aliphatic carbocycles. The molecule has 2 N–H and O–H groups in total. The number of methoxy groups -OCH3 is 1. The quantitative estimate of drug-likeness (QED) is 0.379. The van der Waals surface area contributed by atoms with E-state index in [1.165, 1.54) is 19.3 Å². The first-order valence-electron chi connectivity index (χ1n) is 9.92. The van der Waals surface area contributed by atoms with Gasteiger partial charge in [0.25, 0.3) is 0 Å². The van der Waals surface area contributed by atoms with Crippen LogP contribution in [0.5, 0.6) is 11.5 Å². The summed E-state index contributed by atoms with van der Waals surface area (Å²) >= 11 is 3.19. The third-order valence-electron chi connectivity index (χ3n) is 6.71. The summed E-state index contributed by atoms with van der Waals surface area (Å²) in [5.74, 6) is -2.95. The van der Waals surface area contributed by atoms with Crippen LogP contribution in [-0.4, -0.2) is 35.6 Å². The number of phenolic OH excluding ortho intramolecular Hbond substituents is 1. The van der Waals surface area contributed by atoms with Gasteiger partial charge in [-0.15, -0.1) is 0 Å². The Kier molecular flexibility index (Phi) is 4.51. The van der Waals surface area contributed by atoms with Crippen molar-refractivity contribution < 1.29 is 29.0 Å². The zero-order valence-corrected chi connectivity index (χ0v) is 18.1. The first-order valence-corrected chi connectivity index (χ1v) is 10.7. The predicted octanol–water partition coefficient (Wildman–Crippen LogP) is 2.45. The molecule has 0 aromatic heterocycles. The van der Waals surface area contributed by atoms with E-state index >= 15 is 0 Å². The summed E-state index contributed by atoms with van der Waals surface area (Å²) in [7, 11) is 1.43. The highest BCUT2D eigenvalue weighted by Crippen LogP contribution is 2.54. The fourth-order valence-electron chi connectivity index (χ4n) is 5.37. The van der Waals surface area contributed by atoms with Gasteiger partial charge in [0.1, 0.15) is 0 Å². The molecule has 4 atom stereocenters. The maximum atomic E-state index is 13.1. The summed E-state index contributed by atoms with van der Waals surface area (Å²) in [5.41, 5.74) is 2.28. The largest absolute Gasteiger partial charge is 0.504 e. The smallest absolute Gasteiger partial charge is 0.231 e. The fraction of sp³-hybridized carbons (Fsp3) is 0.304. The van der Waals surface area contributed by atoms with Crippen molar-refractivity contribution in [2.45, 2.75) is 18.8 Å². The molecule has 8 heteroatoms. The number of fused-ring (bicyclic) bond motifs is 3. The molecule has 1 heterocycles. The van der Waals surface area contributed by atoms with E-state index in [0.29, 0.717) is 23.1 Å². The predicted molar refractivity (Wildman–Crippen MR) is 112 cm³/mol. The summed E-state index contributed by atoms with van der Waals surface area (Å²) in [6.07, 6.45) is 3.83. The van der Waals surface area contributed by atoms with E-state index in [0.717, 1.165) is 5.57 Å². The summed E-state index contributed by atoms with van der Waals surface area (Å²) < 4.78 is 5.43. The molecule has 0 bridgehead atoms. The van der Waals surface area contributed by atoms with Crippen LogP contribution in [-0.2, 0) is 19.2 Å². The number of allylic oxidation sites excluding steroid dienone is 6. The van der Waals surface area contributed by atoms with E-state index in [2.05, 4.69) is 21.2 Å². The number of phenols is 1. The number of rotatable bonds is 2. The molecular formula is C23H18BrNO6. The van der Waals surface area contributed by atoms with Crippen LogP contribution in [0.2, 0.25) is 0 Å². The summed E-state index contributed by atoms with van der Waals surface area (Å²) in [6, 6.07) is 4.81. The molecule has 1 aromatic rings. The number of imide groups is 1. The van der Waals surface area contributed by atoms with Gasteiger partial charge in [-0.1, -0.05) is 17.7 Å². The summed E-state index contributed by atoms with van der Waals surface area (Å²) in [5, 5.41) is 12.5. The zero-order valence-electron chi connectivity index (χ0n) is 16.5. The van der Waals surface area contributed by atoms with E-state index in [-0.39, 0.29) is 51.7 Å². The first kappa shape index (κ1) is 19.9. The molecule has 1 saturated heterocycles. The van der Waals surface area contributed by atoms with Crippen molar-refractivity contribution in [2.75, 3.05) is 7.11 Å². The number of hydrogen-bond acceptors (Lipinski definition) is 6. The molecule has 4 unspecified atom stereocenters. The van der Waals surface area contributed by atoms with Crippen LogP contribution in [0.3, 0.4) is 0 Å². The third-order valence-corrected chi connectivity index (χ3v) is 7.30. The monoisotopic (exact) mass is 483 g/mol. The minimum absolute atomic E-state index is 0.0417.